The molecule has 222 valence electrons. The Hall–Kier alpha value is -4.86. The maximum absolute atomic E-state index is 13.9. The molecule has 44 heavy (non-hydrogen) atoms. The van der Waals surface area contributed by atoms with Gasteiger partial charge in [0.15, 0.2) is 0 Å². The summed E-state index contributed by atoms with van der Waals surface area (Å²) in [4.78, 5) is 40.7. The molecule has 1 atom stereocenters. The van der Waals surface area contributed by atoms with Crippen LogP contribution in [0.2, 0.25) is 0 Å². The van der Waals surface area contributed by atoms with Crippen LogP contribution in [-0.4, -0.2) is 31.5 Å². The number of thioether (sulfide) groups is 1. The molecule has 0 spiro atoms. The summed E-state index contributed by atoms with van der Waals surface area (Å²) in [6.45, 7) is 1.96. The number of carbonyl (C=O) groups is 3. The van der Waals surface area contributed by atoms with Crippen molar-refractivity contribution in [1.29, 1.82) is 0 Å². The number of thiophene rings is 1. The second-order valence-electron chi connectivity index (χ2n) is 9.55. The van der Waals surface area contributed by atoms with Crippen molar-refractivity contribution in [3.63, 3.8) is 0 Å². The largest absolute Gasteiger partial charge is 0.497 e. The van der Waals surface area contributed by atoms with Gasteiger partial charge in [-0.2, -0.15) is 0 Å². The number of anilines is 2. The molecule has 0 aliphatic heterocycles. The van der Waals surface area contributed by atoms with Gasteiger partial charge in [-0.15, -0.1) is 23.1 Å². The van der Waals surface area contributed by atoms with Crippen LogP contribution in [0.5, 0.6) is 5.75 Å². The monoisotopic (exact) mass is 622 g/mol. The number of hydrogen-bond acceptors (Lipinski definition) is 7. The third kappa shape index (κ3) is 7.37. The van der Waals surface area contributed by atoms with E-state index in [1.165, 1.54) is 23.1 Å². The fourth-order valence-electron chi connectivity index (χ4n) is 4.49. The summed E-state index contributed by atoms with van der Waals surface area (Å²) in [6, 6.07) is 33.2. The predicted octanol–water partition coefficient (Wildman–Crippen LogP) is 8.32. The lowest BCUT2D eigenvalue weighted by Gasteiger charge is -2.18. The normalized spacial score (nSPS) is 11.3. The highest BCUT2D eigenvalue weighted by Gasteiger charge is 2.27. The molecule has 4 aromatic carbocycles. The van der Waals surface area contributed by atoms with Gasteiger partial charge < -0.3 is 20.1 Å². The SMILES string of the molecule is CCOC(=O)c1c(-c2ccccc2)csc1NC(=O)C(Sc1cccc(NC(=O)c2ccc(OC)cc2)c1)c1ccccc1. The standard InChI is InChI=1S/C35H30N2O5S2/c1-3-42-35(40)30-29(23-11-6-4-7-12-23)22-43-34(30)37-33(39)31(24-13-8-5-9-14-24)44-28-16-10-15-26(21-28)36-32(38)25-17-19-27(41-2)20-18-25/h4-22,31H,3H2,1-2H3,(H,36,38)(H,37,39). The van der Waals surface area contributed by atoms with Crippen molar-refractivity contribution in [3.05, 3.63) is 131 Å². The number of carbonyl (C=O) groups excluding carboxylic acids is 3. The second kappa shape index (κ2) is 14.5. The first-order valence-electron chi connectivity index (χ1n) is 13.9. The van der Waals surface area contributed by atoms with Gasteiger partial charge in [-0.1, -0.05) is 66.7 Å². The fraction of sp³-hybridized carbons (Fsp3) is 0.114. The van der Waals surface area contributed by atoms with Crippen molar-refractivity contribution < 1.29 is 23.9 Å². The van der Waals surface area contributed by atoms with Gasteiger partial charge in [0.1, 0.15) is 21.6 Å². The fourth-order valence-corrected chi connectivity index (χ4v) is 6.54. The van der Waals surface area contributed by atoms with Crippen molar-refractivity contribution in [2.45, 2.75) is 17.1 Å². The van der Waals surface area contributed by atoms with E-state index < -0.39 is 11.2 Å². The quantitative estimate of drug-likeness (QED) is 0.114. The van der Waals surface area contributed by atoms with E-state index >= 15 is 0 Å². The Bertz CT molecular complexity index is 1740. The van der Waals surface area contributed by atoms with Crippen LogP contribution < -0.4 is 15.4 Å². The lowest BCUT2D eigenvalue weighted by molar-refractivity contribution is -0.115. The molecule has 1 heterocycles. The molecule has 0 fully saturated rings. The lowest BCUT2D eigenvalue weighted by Crippen LogP contribution is -2.20. The van der Waals surface area contributed by atoms with Gasteiger partial charge >= 0.3 is 5.97 Å². The molecular weight excluding hydrogens is 593 g/mol. The smallest absolute Gasteiger partial charge is 0.341 e. The minimum atomic E-state index is -0.652. The minimum Gasteiger partial charge on any atom is -0.497 e. The highest BCUT2D eigenvalue weighted by molar-refractivity contribution is 8.00. The average Bonchev–Trinajstić information content (AvgIpc) is 3.48. The molecular formula is C35H30N2O5S2. The van der Waals surface area contributed by atoms with Gasteiger partial charge in [0.05, 0.1) is 13.7 Å². The number of methoxy groups -OCH3 is 1. The van der Waals surface area contributed by atoms with E-state index in [9.17, 15) is 14.4 Å². The van der Waals surface area contributed by atoms with Crippen molar-refractivity contribution in [2.75, 3.05) is 24.4 Å². The zero-order chi connectivity index (χ0) is 30.9. The van der Waals surface area contributed by atoms with Gasteiger partial charge in [-0.25, -0.2) is 4.79 Å². The molecule has 7 nitrogen and oxygen atoms in total. The molecule has 1 unspecified atom stereocenters. The van der Waals surface area contributed by atoms with Gasteiger partial charge in [-0.05, 0) is 60.5 Å². The number of esters is 1. The van der Waals surface area contributed by atoms with Crippen LogP contribution >= 0.6 is 23.1 Å². The second-order valence-corrected chi connectivity index (χ2v) is 11.6. The highest BCUT2D eigenvalue weighted by Crippen LogP contribution is 2.40. The Morgan fingerprint density at radius 1 is 0.841 bits per heavy atom. The Kier molecular flexibility index (Phi) is 10.1. The molecule has 0 saturated carbocycles. The zero-order valence-corrected chi connectivity index (χ0v) is 25.7. The van der Waals surface area contributed by atoms with Crippen LogP contribution in [-0.2, 0) is 9.53 Å². The Morgan fingerprint density at radius 3 is 2.23 bits per heavy atom. The molecule has 0 aliphatic rings. The van der Waals surface area contributed by atoms with E-state index in [1.54, 1.807) is 44.4 Å². The summed E-state index contributed by atoms with van der Waals surface area (Å²) >= 11 is 2.63. The highest BCUT2D eigenvalue weighted by atomic mass is 32.2. The molecule has 0 radical (unpaired) electrons. The van der Waals surface area contributed by atoms with Gasteiger partial charge in [0.25, 0.3) is 5.91 Å². The van der Waals surface area contributed by atoms with Gasteiger partial charge in [0.2, 0.25) is 5.91 Å². The van der Waals surface area contributed by atoms with E-state index in [0.29, 0.717) is 33.1 Å². The Balaban J connectivity index is 1.40. The number of benzene rings is 4. The number of rotatable bonds is 11. The molecule has 1 aromatic heterocycles. The van der Waals surface area contributed by atoms with Crippen molar-refractivity contribution in [3.8, 4) is 16.9 Å². The first-order chi connectivity index (χ1) is 21.5. The number of ether oxygens (including phenoxy) is 2. The maximum Gasteiger partial charge on any atom is 0.341 e. The summed E-state index contributed by atoms with van der Waals surface area (Å²) in [7, 11) is 1.57. The molecule has 0 saturated heterocycles. The molecule has 0 bridgehead atoms. The van der Waals surface area contributed by atoms with Gasteiger partial charge in [-0.3, -0.25) is 9.59 Å². The third-order valence-corrected chi connectivity index (χ3v) is 8.77. The number of nitrogens with one attached hydrogen (secondary N) is 2. The summed E-state index contributed by atoms with van der Waals surface area (Å²) in [6.07, 6.45) is 0. The van der Waals surface area contributed by atoms with E-state index in [2.05, 4.69) is 10.6 Å². The number of hydrogen-bond donors (Lipinski definition) is 2. The van der Waals surface area contributed by atoms with Crippen molar-refractivity contribution in [2.24, 2.45) is 0 Å². The summed E-state index contributed by atoms with van der Waals surface area (Å²) in [5.74, 6) is -0.378. The van der Waals surface area contributed by atoms with E-state index in [1.807, 2.05) is 84.2 Å². The van der Waals surface area contributed by atoms with Crippen LogP contribution in [0.4, 0.5) is 10.7 Å². The molecule has 2 amide bonds. The summed E-state index contributed by atoms with van der Waals surface area (Å²) in [5.41, 5.74) is 3.77. The molecule has 5 rings (SSSR count). The predicted molar refractivity (Wildman–Crippen MR) is 177 cm³/mol. The van der Waals surface area contributed by atoms with Crippen LogP contribution in [0.3, 0.4) is 0 Å². The summed E-state index contributed by atoms with van der Waals surface area (Å²) < 4.78 is 10.5. The lowest BCUT2D eigenvalue weighted by atomic mass is 10.0. The maximum atomic E-state index is 13.9. The van der Waals surface area contributed by atoms with Gasteiger partial charge in [0, 0.05) is 27.1 Å². The van der Waals surface area contributed by atoms with Crippen molar-refractivity contribution >= 4 is 51.6 Å². The molecule has 5 aromatic rings. The van der Waals surface area contributed by atoms with Crippen LogP contribution in [0.15, 0.2) is 119 Å². The number of amides is 2. The van der Waals surface area contributed by atoms with E-state index in [0.717, 1.165) is 16.0 Å². The Morgan fingerprint density at radius 2 is 1.55 bits per heavy atom. The average molecular weight is 623 g/mol. The molecule has 0 aliphatic carbocycles. The zero-order valence-electron chi connectivity index (χ0n) is 24.1. The van der Waals surface area contributed by atoms with Crippen molar-refractivity contribution in [1.82, 2.24) is 0 Å². The third-order valence-electron chi connectivity index (χ3n) is 6.63. The summed E-state index contributed by atoms with van der Waals surface area (Å²) in [5, 5.41) is 7.57. The van der Waals surface area contributed by atoms with E-state index in [4.69, 9.17) is 9.47 Å². The van der Waals surface area contributed by atoms with Crippen LogP contribution in [0.1, 0.15) is 38.5 Å². The minimum absolute atomic E-state index is 0.212. The molecule has 2 N–H and O–H groups in total. The molecule has 9 heteroatoms. The van der Waals surface area contributed by atoms with Crippen LogP contribution in [0.25, 0.3) is 11.1 Å². The topological polar surface area (TPSA) is 93.7 Å². The Labute approximate surface area is 264 Å². The van der Waals surface area contributed by atoms with Crippen LogP contribution in [0, 0.1) is 0 Å². The first-order valence-corrected chi connectivity index (χ1v) is 15.6. The first kappa shape index (κ1) is 30.6. The van der Waals surface area contributed by atoms with E-state index in [-0.39, 0.29) is 18.4 Å².